The first-order valence-corrected chi connectivity index (χ1v) is 14.6. The van der Waals surface area contributed by atoms with E-state index >= 15 is 0 Å². The Morgan fingerprint density at radius 3 is 1.88 bits per heavy atom. The van der Waals surface area contributed by atoms with E-state index in [-0.39, 0.29) is 6.61 Å². The minimum absolute atomic E-state index is 0.208. The molecule has 1 aliphatic heterocycles. The van der Waals surface area contributed by atoms with E-state index < -0.39 is 58.8 Å². The Bertz CT molecular complexity index is 1320. The van der Waals surface area contributed by atoms with Crippen molar-refractivity contribution in [1.82, 2.24) is 0 Å². The molecule has 11 nitrogen and oxygen atoms in total. The van der Waals surface area contributed by atoms with Gasteiger partial charge in [0, 0.05) is 34.1 Å². The molecule has 1 aliphatic rings. The fraction of sp³-hybridized carbons (Fsp3) is 0.452. The van der Waals surface area contributed by atoms with E-state index in [2.05, 4.69) is 6.92 Å². The lowest BCUT2D eigenvalue weighted by Gasteiger charge is -2.43. The van der Waals surface area contributed by atoms with E-state index in [9.17, 15) is 24.0 Å². The number of rotatable bonds is 11. The molecule has 0 aliphatic carbocycles. The van der Waals surface area contributed by atoms with Gasteiger partial charge in [-0.2, -0.15) is 0 Å². The first-order valence-electron chi connectivity index (χ1n) is 13.7. The van der Waals surface area contributed by atoms with Gasteiger partial charge in [-0.25, -0.2) is 4.79 Å². The van der Waals surface area contributed by atoms with Gasteiger partial charge in [0.05, 0.1) is 17.9 Å². The molecule has 0 spiro atoms. The third-order valence-electron chi connectivity index (χ3n) is 6.50. The van der Waals surface area contributed by atoms with Crippen molar-refractivity contribution < 1.29 is 52.4 Å². The smallest absolute Gasteiger partial charge is 0.337 e. The summed E-state index contributed by atoms with van der Waals surface area (Å²) in [7, 11) is 1.29. The van der Waals surface area contributed by atoms with E-state index in [0.29, 0.717) is 23.3 Å². The molecule has 0 bridgehead atoms. The highest BCUT2D eigenvalue weighted by molar-refractivity contribution is 8.00. The molecular weight excluding hydrogens is 580 g/mol. The minimum atomic E-state index is -1.28. The highest BCUT2D eigenvalue weighted by Crippen LogP contribution is 2.40. The van der Waals surface area contributed by atoms with Crippen LogP contribution in [0.25, 0.3) is 0 Å². The van der Waals surface area contributed by atoms with Crippen molar-refractivity contribution in [2.75, 3.05) is 13.7 Å². The predicted octanol–water partition coefficient (Wildman–Crippen LogP) is 3.80. The van der Waals surface area contributed by atoms with E-state index in [1.807, 2.05) is 24.3 Å². The number of aryl methyl sites for hydroxylation is 1. The summed E-state index contributed by atoms with van der Waals surface area (Å²) in [6.07, 6.45) is -2.36. The Kier molecular flexibility index (Phi) is 12.0. The maximum absolute atomic E-state index is 12.4. The molecule has 0 N–H and O–H groups in total. The van der Waals surface area contributed by atoms with Crippen LogP contribution in [0.3, 0.4) is 0 Å². The van der Waals surface area contributed by atoms with Crippen LogP contribution in [0.5, 0.6) is 5.75 Å². The number of methoxy groups -OCH3 is 1. The van der Waals surface area contributed by atoms with Crippen LogP contribution in [-0.4, -0.2) is 72.6 Å². The van der Waals surface area contributed by atoms with Crippen molar-refractivity contribution >= 4 is 41.6 Å². The normalized spacial score (nSPS) is 21.2. The number of hydrogen-bond acceptors (Lipinski definition) is 12. The van der Waals surface area contributed by atoms with Crippen molar-refractivity contribution in [3.63, 3.8) is 0 Å². The lowest BCUT2D eigenvalue weighted by molar-refractivity contribution is -0.190. The Labute approximate surface area is 254 Å². The van der Waals surface area contributed by atoms with Crippen LogP contribution in [-0.2, 0) is 55.7 Å². The lowest BCUT2D eigenvalue weighted by Crippen LogP contribution is -2.59. The Morgan fingerprint density at radius 1 is 0.744 bits per heavy atom. The summed E-state index contributed by atoms with van der Waals surface area (Å²) in [4.78, 5) is 60.5. The highest BCUT2D eigenvalue weighted by Gasteiger charge is 2.53. The monoisotopic (exact) mass is 616 g/mol. The molecule has 0 amide bonds. The number of benzene rings is 2. The third-order valence-corrected chi connectivity index (χ3v) is 7.89. The molecule has 0 radical (unpaired) electrons. The van der Waals surface area contributed by atoms with Crippen LogP contribution in [0.15, 0.2) is 42.5 Å². The second-order valence-corrected chi connectivity index (χ2v) is 11.2. The van der Waals surface area contributed by atoms with Crippen LogP contribution in [0, 0.1) is 0 Å². The molecular formula is C31H36O11S. The van der Waals surface area contributed by atoms with Gasteiger partial charge in [0.15, 0.2) is 23.7 Å². The lowest BCUT2D eigenvalue weighted by atomic mass is 10.00. The van der Waals surface area contributed by atoms with Crippen LogP contribution < -0.4 is 4.74 Å². The van der Waals surface area contributed by atoms with Gasteiger partial charge in [0.2, 0.25) is 0 Å². The fourth-order valence-corrected chi connectivity index (χ4v) is 5.98. The maximum Gasteiger partial charge on any atom is 0.337 e. The number of carbonyl (C=O) groups excluding carboxylic acids is 5. The van der Waals surface area contributed by atoms with Gasteiger partial charge >= 0.3 is 29.8 Å². The average Bonchev–Trinajstić information content (AvgIpc) is 2.95. The van der Waals surface area contributed by atoms with Gasteiger partial charge in [-0.05, 0) is 41.3 Å². The average molecular weight is 617 g/mol. The van der Waals surface area contributed by atoms with Gasteiger partial charge in [-0.1, -0.05) is 31.2 Å². The quantitative estimate of drug-likeness (QED) is 0.268. The molecule has 1 heterocycles. The van der Waals surface area contributed by atoms with Crippen molar-refractivity contribution in [1.29, 1.82) is 0 Å². The van der Waals surface area contributed by atoms with Crippen LogP contribution in [0.4, 0.5) is 0 Å². The molecule has 0 aromatic heterocycles. The Hall–Kier alpha value is -4.06. The summed E-state index contributed by atoms with van der Waals surface area (Å²) in [6, 6.07) is 12.8. The molecule has 12 heteroatoms. The van der Waals surface area contributed by atoms with Crippen molar-refractivity contribution in [3.8, 4) is 5.75 Å². The summed E-state index contributed by atoms with van der Waals surface area (Å²) < 4.78 is 33.2. The van der Waals surface area contributed by atoms with Gasteiger partial charge in [-0.3, -0.25) is 19.2 Å². The molecule has 232 valence electrons. The van der Waals surface area contributed by atoms with Crippen molar-refractivity contribution in [2.24, 2.45) is 0 Å². The first kappa shape index (κ1) is 33.4. The van der Waals surface area contributed by atoms with Gasteiger partial charge < -0.3 is 28.4 Å². The minimum Gasteiger partial charge on any atom is -0.475 e. The van der Waals surface area contributed by atoms with E-state index in [0.717, 1.165) is 23.7 Å². The number of ether oxygens (including phenoxy) is 6. The Balaban J connectivity index is 2.07. The largest absolute Gasteiger partial charge is 0.475 e. The molecule has 1 saturated heterocycles. The molecule has 1 fully saturated rings. The summed E-state index contributed by atoms with van der Waals surface area (Å²) in [5, 5.41) is -0.756. The van der Waals surface area contributed by atoms with Crippen LogP contribution in [0.1, 0.15) is 61.7 Å². The van der Waals surface area contributed by atoms with Gasteiger partial charge in [0.1, 0.15) is 12.4 Å². The number of thioether (sulfide) groups is 1. The van der Waals surface area contributed by atoms with E-state index in [4.69, 9.17) is 28.4 Å². The number of carbonyl (C=O) groups is 5. The predicted molar refractivity (Wildman–Crippen MR) is 155 cm³/mol. The summed E-state index contributed by atoms with van der Waals surface area (Å²) in [5.74, 6) is -2.81. The third kappa shape index (κ3) is 9.47. The highest BCUT2D eigenvalue weighted by atomic mass is 32.2. The standard InChI is InChI=1S/C31H36O11S/c1-7-21-8-10-22(11-9-21)14-24-15-23(30(36)37-6)12-13-25(24)42-31-29(41-20(5)35)28(40-19(4)34)27(39-18(3)33)26(43-31)16-38-17(2)32/h8-13,15,26-29,31H,7,14,16H2,1-6H3/t26-,27-,28+,29-,31?/m1/s1. The summed E-state index contributed by atoms with van der Waals surface area (Å²) >= 11 is 1.10. The molecule has 43 heavy (non-hydrogen) atoms. The summed E-state index contributed by atoms with van der Waals surface area (Å²) in [6.45, 7) is 6.63. The maximum atomic E-state index is 12.4. The van der Waals surface area contributed by atoms with E-state index in [1.165, 1.54) is 40.4 Å². The van der Waals surface area contributed by atoms with Gasteiger partial charge in [-0.15, -0.1) is 11.8 Å². The zero-order chi connectivity index (χ0) is 31.7. The molecule has 1 unspecified atom stereocenters. The van der Waals surface area contributed by atoms with Crippen molar-refractivity contribution in [2.45, 2.75) is 76.5 Å². The van der Waals surface area contributed by atoms with Gasteiger partial charge in [0.25, 0.3) is 0 Å². The second kappa shape index (κ2) is 15.4. The SMILES string of the molecule is CCc1ccc(Cc2cc(C(=O)OC)ccc2OC2S[C@H](COC(C)=O)[C@@H](OC(C)=O)[C@H](OC(C)=O)[C@H]2OC(C)=O)cc1. The number of hydrogen-bond donors (Lipinski definition) is 0. The summed E-state index contributed by atoms with van der Waals surface area (Å²) in [5.41, 5.74) is 2.06. The zero-order valence-electron chi connectivity index (χ0n) is 24.9. The van der Waals surface area contributed by atoms with Crippen LogP contribution in [0.2, 0.25) is 0 Å². The second-order valence-electron chi connectivity index (χ2n) is 9.85. The van der Waals surface area contributed by atoms with E-state index in [1.54, 1.807) is 18.2 Å². The molecule has 2 aromatic carbocycles. The fourth-order valence-electron chi connectivity index (χ4n) is 4.60. The first-order chi connectivity index (χ1) is 20.4. The molecule has 3 rings (SSSR count). The molecule has 0 saturated carbocycles. The van der Waals surface area contributed by atoms with Crippen molar-refractivity contribution in [3.05, 3.63) is 64.7 Å². The molecule has 2 aromatic rings. The zero-order valence-corrected chi connectivity index (χ0v) is 25.8. The Morgan fingerprint density at radius 2 is 1.33 bits per heavy atom. The topological polar surface area (TPSA) is 141 Å². The number of esters is 5. The van der Waals surface area contributed by atoms with Crippen LogP contribution >= 0.6 is 11.8 Å². The molecule has 5 atom stereocenters.